The van der Waals surface area contributed by atoms with E-state index in [1.165, 1.54) is 23.1 Å². The van der Waals surface area contributed by atoms with Crippen LogP contribution in [0.15, 0.2) is 46.9 Å². The van der Waals surface area contributed by atoms with Crippen molar-refractivity contribution >= 4 is 15.9 Å². The average molecular weight is 346 g/mol. The van der Waals surface area contributed by atoms with Gasteiger partial charge in [0.1, 0.15) is 5.75 Å². The molecule has 1 aliphatic rings. The van der Waals surface area contributed by atoms with Crippen molar-refractivity contribution in [1.82, 2.24) is 5.32 Å². The number of fused-ring (bicyclic) bond motifs is 1. The van der Waals surface area contributed by atoms with Crippen LogP contribution < -0.4 is 5.32 Å². The van der Waals surface area contributed by atoms with Crippen molar-refractivity contribution in [3.63, 3.8) is 0 Å². The molecule has 0 heterocycles. The van der Waals surface area contributed by atoms with Gasteiger partial charge < -0.3 is 10.4 Å². The number of hydrogen-bond acceptors (Lipinski definition) is 2. The first-order valence-electron chi connectivity index (χ1n) is 7.47. The summed E-state index contributed by atoms with van der Waals surface area (Å²) in [6.07, 6.45) is 3.43. The van der Waals surface area contributed by atoms with Crippen molar-refractivity contribution in [2.75, 3.05) is 0 Å². The summed E-state index contributed by atoms with van der Waals surface area (Å²) in [5.41, 5.74) is 3.89. The van der Waals surface area contributed by atoms with Gasteiger partial charge in [-0.3, -0.25) is 0 Å². The Morgan fingerprint density at radius 2 is 2.10 bits per heavy atom. The molecule has 2 N–H and O–H groups in total. The Morgan fingerprint density at radius 1 is 1.24 bits per heavy atom. The zero-order chi connectivity index (χ0) is 14.8. The van der Waals surface area contributed by atoms with Crippen LogP contribution in [-0.4, -0.2) is 5.11 Å². The van der Waals surface area contributed by atoms with Gasteiger partial charge in [-0.05, 0) is 67.1 Å². The van der Waals surface area contributed by atoms with E-state index in [9.17, 15) is 5.11 Å². The summed E-state index contributed by atoms with van der Waals surface area (Å²) in [5, 5.41) is 13.5. The molecule has 0 saturated heterocycles. The molecule has 2 nitrogen and oxygen atoms in total. The molecule has 2 atom stereocenters. The third kappa shape index (κ3) is 3.30. The molecule has 0 fully saturated rings. The molecule has 21 heavy (non-hydrogen) atoms. The second-order valence-electron chi connectivity index (χ2n) is 5.77. The zero-order valence-electron chi connectivity index (χ0n) is 12.1. The minimum Gasteiger partial charge on any atom is -0.508 e. The van der Waals surface area contributed by atoms with Crippen molar-refractivity contribution in [2.45, 2.75) is 38.3 Å². The quantitative estimate of drug-likeness (QED) is 0.830. The lowest BCUT2D eigenvalue weighted by atomic mass is 9.87. The van der Waals surface area contributed by atoms with Gasteiger partial charge >= 0.3 is 0 Å². The molecule has 0 saturated carbocycles. The molecule has 1 aliphatic carbocycles. The van der Waals surface area contributed by atoms with Crippen LogP contribution in [0.25, 0.3) is 0 Å². The first-order chi connectivity index (χ1) is 10.1. The van der Waals surface area contributed by atoms with E-state index in [-0.39, 0.29) is 6.04 Å². The zero-order valence-corrected chi connectivity index (χ0v) is 13.7. The van der Waals surface area contributed by atoms with Crippen LogP contribution in [-0.2, 0) is 6.42 Å². The van der Waals surface area contributed by atoms with Gasteiger partial charge in [-0.1, -0.05) is 34.1 Å². The smallest absolute Gasteiger partial charge is 0.115 e. The maximum atomic E-state index is 9.76. The van der Waals surface area contributed by atoms with Gasteiger partial charge in [0.05, 0.1) is 0 Å². The normalized spacial score (nSPS) is 19.0. The van der Waals surface area contributed by atoms with Gasteiger partial charge in [-0.15, -0.1) is 0 Å². The number of aromatic hydroxyl groups is 1. The Bertz CT molecular complexity index is 641. The van der Waals surface area contributed by atoms with E-state index in [0.29, 0.717) is 11.8 Å². The largest absolute Gasteiger partial charge is 0.508 e. The molecule has 0 amide bonds. The van der Waals surface area contributed by atoms with Gasteiger partial charge in [-0.25, -0.2) is 0 Å². The van der Waals surface area contributed by atoms with Gasteiger partial charge in [-0.2, -0.15) is 0 Å². The molecule has 3 rings (SSSR count). The molecular weight excluding hydrogens is 326 g/mol. The number of halogens is 1. The first kappa shape index (κ1) is 14.6. The molecule has 0 aliphatic heterocycles. The van der Waals surface area contributed by atoms with Crippen molar-refractivity contribution < 1.29 is 5.11 Å². The average Bonchev–Trinajstić information content (AvgIpc) is 2.48. The second-order valence-corrected chi connectivity index (χ2v) is 6.69. The maximum Gasteiger partial charge on any atom is 0.115 e. The van der Waals surface area contributed by atoms with Crippen LogP contribution in [0.5, 0.6) is 5.75 Å². The predicted octanol–water partition coefficient (Wildman–Crippen LogP) is 4.88. The highest BCUT2D eigenvalue weighted by Gasteiger charge is 2.22. The van der Waals surface area contributed by atoms with E-state index in [0.717, 1.165) is 17.3 Å². The molecule has 3 heteroatoms. The van der Waals surface area contributed by atoms with Crippen LogP contribution in [0.2, 0.25) is 0 Å². The number of aryl methyl sites for hydroxylation is 1. The van der Waals surface area contributed by atoms with Crippen molar-refractivity contribution in [1.29, 1.82) is 0 Å². The van der Waals surface area contributed by atoms with Crippen molar-refractivity contribution in [2.24, 2.45) is 0 Å². The number of hydrogen-bond donors (Lipinski definition) is 2. The number of nitrogens with one attached hydrogen (secondary N) is 1. The Kier molecular flexibility index (Phi) is 4.32. The molecule has 0 radical (unpaired) electrons. The Morgan fingerprint density at radius 3 is 2.90 bits per heavy atom. The number of rotatable bonds is 3. The predicted molar refractivity (Wildman–Crippen MR) is 89.5 cm³/mol. The van der Waals surface area contributed by atoms with E-state index in [1.807, 2.05) is 12.1 Å². The molecule has 0 aromatic heterocycles. The van der Waals surface area contributed by atoms with Gasteiger partial charge in [0.15, 0.2) is 0 Å². The highest BCUT2D eigenvalue weighted by atomic mass is 79.9. The highest BCUT2D eigenvalue weighted by molar-refractivity contribution is 9.10. The highest BCUT2D eigenvalue weighted by Crippen LogP contribution is 2.34. The number of phenolic OH excluding ortho intramolecular Hbond substituents is 1. The Labute approximate surface area is 134 Å². The molecule has 2 unspecified atom stereocenters. The Balaban J connectivity index is 1.81. The second kappa shape index (κ2) is 6.20. The minimum atomic E-state index is 0.279. The first-order valence-corrected chi connectivity index (χ1v) is 8.26. The fourth-order valence-corrected chi connectivity index (χ4v) is 3.55. The summed E-state index contributed by atoms with van der Waals surface area (Å²) in [5.74, 6) is 0.359. The third-order valence-corrected chi connectivity index (χ3v) is 4.74. The molecular formula is C18H20BrNO. The lowest BCUT2D eigenvalue weighted by Crippen LogP contribution is -2.27. The molecule has 0 bridgehead atoms. The van der Waals surface area contributed by atoms with E-state index < -0.39 is 0 Å². The topological polar surface area (TPSA) is 32.3 Å². The summed E-state index contributed by atoms with van der Waals surface area (Å²) in [7, 11) is 0. The lowest BCUT2D eigenvalue weighted by molar-refractivity contribution is 0.410. The van der Waals surface area contributed by atoms with E-state index in [1.54, 1.807) is 6.07 Å². The summed E-state index contributed by atoms with van der Waals surface area (Å²) in [4.78, 5) is 0. The van der Waals surface area contributed by atoms with Crippen LogP contribution in [0.1, 0.15) is 48.5 Å². The van der Waals surface area contributed by atoms with Crippen molar-refractivity contribution in [3.8, 4) is 5.75 Å². The summed E-state index contributed by atoms with van der Waals surface area (Å²) in [6.45, 7) is 2.19. The van der Waals surface area contributed by atoms with Crippen LogP contribution in [0.4, 0.5) is 0 Å². The van der Waals surface area contributed by atoms with Crippen LogP contribution in [0.3, 0.4) is 0 Å². The van der Waals surface area contributed by atoms with Gasteiger partial charge in [0.2, 0.25) is 0 Å². The van der Waals surface area contributed by atoms with Crippen molar-refractivity contribution in [3.05, 3.63) is 63.6 Å². The van der Waals surface area contributed by atoms with E-state index in [2.05, 4.69) is 52.4 Å². The number of phenols is 1. The molecule has 0 spiro atoms. The van der Waals surface area contributed by atoms with Gasteiger partial charge in [0, 0.05) is 16.6 Å². The van der Waals surface area contributed by atoms with E-state index in [4.69, 9.17) is 0 Å². The Hall–Kier alpha value is -1.32. The molecule has 2 aromatic carbocycles. The maximum absolute atomic E-state index is 9.76. The van der Waals surface area contributed by atoms with E-state index >= 15 is 0 Å². The number of benzene rings is 2. The summed E-state index contributed by atoms with van der Waals surface area (Å²) < 4.78 is 1.11. The lowest BCUT2D eigenvalue weighted by Gasteiger charge is -2.29. The third-order valence-electron chi connectivity index (χ3n) is 4.24. The van der Waals surface area contributed by atoms with Crippen LogP contribution in [0, 0.1) is 0 Å². The van der Waals surface area contributed by atoms with Crippen LogP contribution >= 0.6 is 15.9 Å². The summed E-state index contributed by atoms with van der Waals surface area (Å²) in [6, 6.07) is 14.8. The molecule has 2 aromatic rings. The van der Waals surface area contributed by atoms with Gasteiger partial charge in [0.25, 0.3) is 0 Å². The molecule has 110 valence electrons. The standard InChI is InChI=1S/C18H20BrNO/c1-12(14-5-2-6-15(19)10-14)20-18-7-3-4-13-8-9-16(21)11-17(13)18/h2,5-6,8-12,18,20-21H,3-4,7H2,1H3. The fraction of sp³-hybridized carbons (Fsp3) is 0.333. The summed E-state index contributed by atoms with van der Waals surface area (Å²) >= 11 is 3.53. The minimum absolute atomic E-state index is 0.279. The monoisotopic (exact) mass is 345 g/mol. The fourth-order valence-electron chi connectivity index (χ4n) is 3.13. The SMILES string of the molecule is CC(NC1CCCc2ccc(O)cc21)c1cccc(Br)c1.